The Balaban J connectivity index is 1.28. The van der Waals surface area contributed by atoms with Gasteiger partial charge in [-0.15, -0.1) is 0 Å². The summed E-state index contributed by atoms with van der Waals surface area (Å²) >= 11 is 0. The number of imidazole rings is 1. The van der Waals surface area contributed by atoms with Crippen molar-refractivity contribution < 1.29 is 31.5 Å². The number of hydrogen-bond donors (Lipinski definition) is 1. The molecule has 1 aromatic carbocycles. The molecule has 8 nitrogen and oxygen atoms in total. The second-order valence-electron chi connectivity index (χ2n) is 10.4. The number of carbonyl (C=O) groups excluding carboxylic acids is 1. The topological polar surface area (TPSA) is 98.6 Å². The Morgan fingerprint density at radius 1 is 1.15 bits per heavy atom. The van der Waals surface area contributed by atoms with Gasteiger partial charge in [-0.25, -0.2) is 19.3 Å². The molecule has 2 N–H and O–H groups in total. The van der Waals surface area contributed by atoms with Crippen molar-refractivity contribution in [3.63, 3.8) is 0 Å². The number of aromatic nitrogens is 4. The number of nitrogens with two attached hydrogens (primary N) is 1. The van der Waals surface area contributed by atoms with E-state index < -0.39 is 41.4 Å². The van der Waals surface area contributed by atoms with Crippen LogP contribution >= 0.6 is 0 Å². The molecule has 0 radical (unpaired) electrons. The Morgan fingerprint density at radius 3 is 2.63 bits per heavy atom. The van der Waals surface area contributed by atoms with Gasteiger partial charge in [0, 0.05) is 24.6 Å². The number of benzene rings is 1. The summed E-state index contributed by atoms with van der Waals surface area (Å²) < 4.78 is 78.9. The summed E-state index contributed by atoms with van der Waals surface area (Å²) in [5, 5.41) is 0. The van der Waals surface area contributed by atoms with E-state index in [2.05, 4.69) is 15.0 Å². The minimum absolute atomic E-state index is 0.0432. The molecular weight excluding hydrogens is 547 g/mol. The van der Waals surface area contributed by atoms with Crippen LogP contribution in [0.25, 0.3) is 16.6 Å². The lowest BCUT2D eigenvalue weighted by Gasteiger charge is -2.34. The van der Waals surface area contributed by atoms with Gasteiger partial charge in [0.1, 0.15) is 22.8 Å². The molecule has 0 bridgehead atoms. The third-order valence-corrected chi connectivity index (χ3v) is 8.08. The average molecular weight is 573 g/mol. The standard InChI is InChI=1S/C28H25F5N6O2/c1-38(27(40)17-8-21-19(9-18(17)29)37-26(34)22-10-35-13-39(21)22)23-12-41-11-20-16(23)6-7-24(36-20)28(32,33)15-4-2-14(3-5-15)25(30)31/h6-10,13,15,23H,2-5,11-12H2,1H3,(H2,34,37). The number of anilines is 1. The number of hydrogen-bond acceptors (Lipinski definition) is 6. The van der Waals surface area contributed by atoms with Gasteiger partial charge in [0.25, 0.3) is 17.9 Å². The lowest BCUT2D eigenvalue weighted by Crippen LogP contribution is -2.37. The maximum atomic E-state index is 15.4. The normalized spacial score (nSPS) is 19.4. The molecule has 214 valence electrons. The molecule has 13 heteroatoms. The number of carbonyl (C=O) groups is 1. The molecule has 1 fully saturated rings. The molecule has 1 aliphatic heterocycles. The Kier molecular flexibility index (Phi) is 6.63. The van der Waals surface area contributed by atoms with E-state index in [1.807, 2.05) is 0 Å². The van der Waals surface area contributed by atoms with Crippen molar-refractivity contribution in [1.29, 1.82) is 0 Å². The molecule has 1 unspecified atom stereocenters. The van der Waals surface area contributed by atoms with Gasteiger partial charge in [-0.3, -0.25) is 9.20 Å². The lowest BCUT2D eigenvalue weighted by atomic mass is 9.81. The zero-order valence-corrected chi connectivity index (χ0v) is 21.9. The third-order valence-electron chi connectivity index (χ3n) is 8.08. The Morgan fingerprint density at radius 2 is 1.90 bits per heavy atom. The molecular formula is C28H25F5N6O2. The first kappa shape index (κ1) is 27.1. The van der Waals surface area contributed by atoms with Gasteiger partial charge in [0.15, 0.2) is 0 Å². The van der Waals surface area contributed by atoms with Crippen molar-refractivity contribution in [2.75, 3.05) is 19.4 Å². The smallest absolute Gasteiger partial charge is 0.292 e. The zero-order valence-electron chi connectivity index (χ0n) is 21.9. The Labute approximate surface area is 230 Å². The minimum atomic E-state index is -3.33. The Bertz CT molecular complexity index is 1710. The quantitative estimate of drug-likeness (QED) is 0.312. The fraction of sp³-hybridized carbons (Fsp3) is 0.357. The summed E-state index contributed by atoms with van der Waals surface area (Å²) in [4.78, 5) is 27.3. The highest BCUT2D eigenvalue weighted by molar-refractivity contribution is 5.98. The average Bonchev–Trinajstić information content (AvgIpc) is 3.47. The zero-order chi connectivity index (χ0) is 29.1. The number of ether oxygens (including phenoxy) is 1. The van der Waals surface area contributed by atoms with Crippen LogP contribution in [0, 0.1) is 11.7 Å². The highest BCUT2D eigenvalue weighted by Gasteiger charge is 2.44. The van der Waals surface area contributed by atoms with E-state index >= 15 is 13.2 Å². The Hall–Kier alpha value is -4.13. The number of pyridine rings is 1. The number of fused-ring (bicyclic) bond motifs is 4. The van der Waals surface area contributed by atoms with Gasteiger partial charge < -0.3 is 15.4 Å². The van der Waals surface area contributed by atoms with E-state index in [0.717, 1.165) is 6.07 Å². The number of amides is 1. The molecule has 0 saturated heterocycles. The summed E-state index contributed by atoms with van der Waals surface area (Å²) in [5.74, 6) is -5.74. The van der Waals surface area contributed by atoms with Crippen LogP contribution in [-0.4, -0.2) is 43.8 Å². The van der Waals surface area contributed by atoms with E-state index in [4.69, 9.17) is 10.5 Å². The van der Waals surface area contributed by atoms with Crippen LogP contribution in [0.2, 0.25) is 0 Å². The first-order valence-corrected chi connectivity index (χ1v) is 13.0. The van der Waals surface area contributed by atoms with E-state index in [-0.39, 0.29) is 67.1 Å². The number of rotatable bonds is 4. The molecule has 1 amide bonds. The number of alkyl halides is 2. The molecule has 41 heavy (non-hydrogen) atoms. The number of likely N-dealkylation sites (N-methyl/N-ethyl adjacent to an activating group) is 1. The van der Waals surface area contributed by atoms with Crippen molar-refractivity contribution in [2.24, 2.45) is 5.92 Å². The van der Waals surface area contributed by atoms with Crippen LogP contribution in [0.3, 0.4) is 0 Å². The maximum Gasteiger partial charge on any atom is 0.292 e. The predicted octanol–water partition coefficient (Wildman–Crippen LogP) is 5.77. The molecule has 6 rings (SSSR count). The summed E-state index contributed by atoms with van der Waals surface area (Å²) in [6, 6.07) is 4.47. The van der Waals surface area contributed by atoms with Crippen molar-refractivity contribution in [1.82, 2.24) is 24.3 Å². The number of nitrogen functional groups attached to an aromatic ring is 1. The molecule has 3 aromatic heterocycles. The van der Waals surface area contributed by atoms with Gasteiger partial charge in [-0.1, -0.05) is 6.07 Å². The second-order valence-corrected chi connectivity index (χ2v) is 10.4. The van der Waals surface area contributed by atoms with E-state index in [1.165, 1.54) is 42.7 Å². The first-order chi connectivity index (χ1) is 19.6. The van der Waals surface area contributed by atoms with Crippen LogP contribution in [0.15, 0.2) is 48.4 Å². The summed E-state index contributed by atoms with van der Waals surface area (Å²) in [7, 11) is 1.47. The van der Waals surface area contributed by atoms with E-state index in [9.17, 15) is 13.6 Å². The molecule has 1 saturated carbocycles. The van der Waals surface area contributed by atoms with Crippen molar-refractivity contribution in [3.05, 3.63) is 76.8 Å². The summed E-state index contributed by atoms with van der Waals surface area (Å²) in [6.07, 6.45) is 0.906. The van der Waals surface area contributed by atoms with Gasteiger partial charge >= 0.3 is 0 Å². The highest BCUT2D eigenvalue weighted by Crippen LogP contribution is 2.45. The molecule has 4 aromatic rings. The fourth-order valence-electron chi connectivity index (χ4n) is 5.71. The fourth-order valence-corrected chi connectivity index (χ4v) is 5.71. The molecule has 1 atom stereocenters. The number of nitrogens with zero attached hydrogens (tertiary/aromatic N) is 5. The van der Waals surface area contributed by atoms with Crippen LogP contribution in [0.1, 0.15) is 59.0 Å². The second kappa shape index (κ2) is 10.1. The summed E-state index contributed by atoms with van der Waals surface area (Å²) in [5.41, 5.74) is 7.10. The third kappa shape index (κ3) is 4.57. The van der Waals surface area contributed by atoms with Crippen LogP contribution in [-0.2, 0) is 17.3 Å². The minimum Gasteiger partial charge on any atom is -0.382 e. The largest absolute Gasteiger partial charge is 0.382 e. The number of allylic oxidation sites excluding steroid dienone is 1. The molecule has 2 aliphatic rings. The monoisotopic (exact) mass is 572 g/mol. The van der Waals surface area contributed by atoms with E-state index in [0.29, 0.717) is 16.6 Å². The lowest BCUT2D eigenvalue weighted by molar-refractivity contribution is -0.0790. The van der Waals surface area contributed by atoms with Gasteiger partial charge in [0.2, 0.25) is 0 Å². The van der Waals surface area contributed by atoms with Crippen molar-refractivity contribution in [2.45, 2.75) is 44.3 Å². The number of halogens is 5. The maximum absolute atomic E-state index is 15.4. The predicted molar refractivity (Wildman–Crippen MR) is 139 cm³/mol. The van der Waals surface area contributed by atoms with E-state index in [1.54, 1.807) is 4.40 Å². The van der Waals surface area contributed by atoms with Gasteiger partial charge in [-0.2, -0.15) is 17.6 Å². The summed E-state index contributed by atoms with van der Waals surface area (Å²) in [6.45, 7) is 0.0106. The SMILES string of the molecule is CN(C(=O)c1cc2c(cc1F)nc(N)c1cncn12)C1COCc2nc(C(F)(F)C3CCC(=C(F)F)CC3)ccc21. The molecule has 1 aliphatic carbocycles. The van der Waals surface area contributed by atoms with Crippen molar-refractivity contribution in [3.8, 4) is 0 Å². The van der Waals surface area contributed by atoms with Crippen molar-refractivity contribution >= 4 is 28.3 Å². The highest BCUT2D eigenvalue weighted by atomic mass is 19.3. The molecule has 0 spiro atoms. The molecule has 4 heterocycles. The van der Waals surface area contributed by atoms with Crippen LogP contribution < -0.4 is 5.73 Å². The van der Waals surface area contributed by atoms with Crippen LogP contribution in [0.5, 0.6) is 0 Å². The van der Waals surface area contributed by atoms with Gasteiger partial charge in [0.05, 0.1) is 54.1 Å². The van der Waals surface area contributed by atoms with Gasteiger partial charge in [-0.05, 0) is 43.4 Å². The first-order valence-electron chi connectivity index (χ1n) is 13.0. The van der Waals surface area contributed by atoms with Crippen LogP contribution in [0.4, 0.5) is 27.8 Å².